The number of nitrogens with zero attached hydrogens (tertiary/aromatic N) is 2. The molecule has 0 spiro atoms. The van der Waals surface area contributed by atoms with Crippen molar-refractivity contribution >= 4 is 16.5 Å². The molecule has 4 heteroatoms. The maximum Gasteiger partial charge on any atom is 0.185 e. The Labute approximate surface area is 131 Å². The van der Waals surface area contributed by atoms with Crippen LogP contribution >= 0.6 is 11.3 Å². The highest BCUT2D eigenvalue weighted by molar-refractivity contribution is 7.13. The van der Waals surface area contributed by atoms with E-state index in [1.165, 1.54) is 0 Å². The minimum absolute atomic E-state index is 0.486. The predicted octanol–water partition coefficient (Wildman–Crippen LogP) is 4.04. The van der Waals surface area contributed by atoms with Crippen molar-refractivity contribution < 1.29 is 5.11 Å². The molecule has 21 heavy (non-hydrogen) atoms. The van der Waals surface area contributed by atoms with Crippen LogP contribution in [0, 0.1) is 0 Å². The van der Waals surface area contributed by atoms with E-state index < -0.39 is 6.10 Å². The summed E-state index contributed by atoms with van der Waals surface area (Å²) in [7, 11) is 2.11. The molecule has 0 bridgehead atoms. The van der Waals surface area contributed by atoms with E-state index >= 15 is 0 Å². The average Bonchev–Trinajstić information content (AvgIpc) is 2.97. The van der Waals surface area contributed by atoms with Crippen LogP contribution in [0.15, 0.2) is 35.7 Å². The Kier molecular flexibility index (Phi) is 5.76. The van der Waals surface area contributed by atoms with E-state index in [1.807, 2.05) is 30.3 Å². The van der Waals surface area contributed by atoms with Crippen molar-refractivity contribution in [3.8, 4) is 0 Å². The van der Waals surface area contributed by atoms with E-state index in [0.717, 1.165) is 29.2 Å². The van der Waals surface area contributed by atoms with Crippen molar-refractivity contribution in [1.29, 1.82) is 0 Å². The summed E-state index contributed by atoms with van der Waals surface area (Å²) < 4.78 is 0. The monoisotopic (exact) mass is 304 g/mol. The summed E-state index contributed by atoms with van der Waals surface area (Å²) in [6, 6.07) is 10.3. The van der Waals surface area contributed by atoms with Crippen LogP contribution in [0.25, 0.3) is 0 Å². The van der Waals surface area contributed by atoms with Crippen molar-refractivity contribution in [2.75, 3.05) is 11.9 Å². The van der Waals surface area contributed by atoms with Crippen LogP contribution in [0.4, 0.5) is 5.13 Å². The molecule has 1 aromatic carbocycles. The zero-order valence-electron chi connectivity index (χ0n) is 13.0. The molecule has 0 aliphatic heterocycles. The Morgan fingerprint density at radius 2 is 1.86 bits per heavy atom. The van der Waals surface area contributed by atoms with Gasteiger partial charge in [-0.05, 0) is 18.4 Å². The molecular weight excluding hydrogens is 280 g/mol. The number of hydrogen-bond acceptors (Lipinski definition) is 4. The fourth-order valence-electron chi connectivity index (χ4n) is 2.54. The number of hydrogen-bond donors (Lipinski definition) is 1. The van der Waals surface area contributed by atoms with Crippen LogP contribution in [0.1, 0.15) is 44.1 Å². The Hall–Kier alpha value is -1.39. The minimum Gasteiger partial charge on any atom is -0.388 e. The normalized spacial score (nSPS) is 12.6. The first-order valence-electron chi connectivity index (χ1n) is 7.55. The average molecular weight is 304 g/mol. The lowest BCUT2D eigenvalue weighted by atomic mass is 10.1. The molecule has 0 aliphatic rings. The molecule has 1 heterocycles. The number of benzene rings is 1. The van der Waals surface area contributed by atoms with E-state index in [9.17, 15) is 5.11 Å². The number of rotatable bonds is 7. The Morgan fingerprint density at radius 3 is 2.48 bits per heavy atom. The molecule has 1 unspecified atom stereocenters. The summed E-state index contributed by atoms with van der Waals surface area (Å²) in [4.78, 5) is 6.93. The smallest absolute Gasteiger partial charge is 0.185 e. The van der Waals surface area contributed by atoms with Gasteiger partial charge in [0.2, 0.25) is 0 Å². The van der Waals surface area contributed by atoms with Gasteiger partial charge in [0.25, 0.3) is 0 Å². The Balaban J connectivity index is 2.03. The summed E-state index contributed by atoms with van der Waals surface area (Å²) in [5, 5.41) is 13.4. The number of thiazole rings is 1. The summed E-state index contributed by atoms with van der Waals surface area (Å²) in [5.41, 5.74) is 1.91. The maximum atomic E-state index is 10.3. The van der Waals surface area contributed by atoms with Gasteiger partial charge >= 0.3 is 0 Å². The number of anilines is 1. The Morgan fingerprint density at radius 1 is 1.19 bits per heavy atom. The van der Waals surface area contributed by atoms with Gasteiger partial charge in [0.1, 0.15) is 0 Å². The molecular formula is C17H24N2OS. The summed E-state index contributed by atoms with van der Waals surface area (Å²) in [6.45, 7) is 4.41. The molecule has 1 atom stereocenters. The molecule has 114 valence electrons. The van der Waals surface area contributed by atoms with Crippen molar-refractivity contribution in [3.63, 3.8) is 0 Å². The molecule has 0 aliphatic carbocycles. The van der Waals surface area contributed by atoms with Gasteiger partial charge in [-0.1, -0.05) is 44.2 Å². The molecule has 2 rings (SSSR count). The van der Waals surface area contributed by atoms with Crippen LogP contribution in [0.5, 0.6) is 0 Å². The summed E-state index contributed by atoms with van der Waals surface area (Å²) in [6.07, 6.45) is 2.32. The molecule has 3 nitrogen and oxygen atoms in total. The maximum absolute atomic E-state index is 10.3. The molecule has 2 aromatic rings. The van der Waals surface area contributed by atoms with E-state index in [-0.39, 0.29) is 0 Å². The summed E-state index contributed by atoms with van der Waals surface area (Å²) >= 11 is 1.66. The number of aliphatic hydroxyl groups is 1. The standard InChI is InChI=1S/C17H24N2OS/c1-4-15(5-2)19(3)17-18-14(12-21-17)11-16(20)13-9-7-6-8-10-13/h6-10,12,15-16,20H,4-5,11H2,1-3H3. The fraction of sp³-hybridized carbons (Fsp3) is 0.471. The van der Waals surface area contributed by atoms with Crippen molar-refractivity contribution in [2.45, 2.75) is 45.3 Å². The fourth-order valence-corrected chi connectivity index (χ4v) is 3.41. The van der Waals surface area contributed by atoms with Crippen LogP contribution < -0.4 is 4.90 Å². The third-order valence-electron chi connectivity index (χ3n) is 3.92. The van der Waals surface area contributed by atoms with Crippen LogP contribution in [0.2, 0.25) is 0 Å². The molecule has 0 saturated carbocycles. The molecule has 0 saturated heterocycles. The largest absolute Gasteiger partial charge is 0.388 e. The van der Waals surface area contributed by atoms with Gasteiger partial charge in [-0.2, -0.15) is 0 Å². The highest BCUT2D eigenvalue weighted by Gasteiger charge is 2.16. The molecule has 0 amide bonds. The van der Waals surface area contributed by atoms with Crippen LogP contribution in [0.3, 0.4) is 0 Å². The SMILES string of the molecule is CCC(CC)N(C)c1nc(CC(O)c2ccccc2)cs1. The van der Waals surface area contributed by atoms with Gasteiger partial charge in [-0.25, -0.2) is 4.98 Å². The highest BCUT2D eigenvalue weighted by atomic mass is 32.1. The van der Waals surface area contributed by atoms with Gasteiger partial charge < -0.3 is 10.0 Å². The predicted molar refractivity (Wildman–Crippen MR) is 90.0 cm³/mol. The van der Waals surface area contributed by atoms with E-state index in [0.29, 0.717) is 12.5 Å². The molecule has 0 radical (unpaired) electrons. The minimum atomic E-state index is -0.486. The lowest BCUT2D eigenvalue weighted by Gasteiger charge is -2.25. The van der Waals surface area contributed by atoms with Gasteiger partial charge in [0.05, 0.1) is 11.8 Å². The number of aliphatic hydroxyl groups excluding tert-OH is 1. The van der Waals surface area contributed by atoms with Gasteiger partial charge in [-0.15, -0.1) is 11.3 Å². The van der Waals surface area contributed by atoms with Crippen molar-refractivity contribution in [3.05, 3.63) is 47.0 Å². The first-order chi connectivity index (χ1) is 10.2. The third-order valence-corrected chi connectivity index (χ3v) is 4.90. The molecule has 1 N–H and O–H groups in total. The topological polar surface area (TPSA) is 36.4 Å². The highest BCUT2D eigenvalue weighted by Crippen LogP contribution is 2.26. The second-order valence-electron chi connectivity index (χ2n) is 5.33. The van der Waals surface area contributed by atoms with Crippen LogP contribution in [-0.2, 0) is 6.42 Å². The second-order valence-corrected chi connectivity index (χ2v) is 6.17. The summed E-state index contributed by atoms with van der Waals surface area (Å²) in [5.74, 6) is 0. The van der Waals surface area contributed by atoms with Gasteiger partial charge in [-0.3, -0.25) is 0 Å². The first kappa shape index (κ1) is 16.0. The Bertz CT molecular complexity index is 537. The van der Waals surface area contributed by atoms with Gasteiger partial charge in [0.15, 0.2) is 5.13 Å². The van der Waals surface area contributed by atoms with E-state index in [4.69, 9.17) is 0 Å². The zero-order chi connectivity index (χ0) is 15.2. The first-order valence-corrected chi connectivity index (χ1v) is 8.43. The van der Waals surface area contributed by atoms with Crippen molar-refractivity contribution in [1.82, 2.24) is 4.98 Å². The van der Waals surface area contributed by atoms with Gasteiger partial charge in [0, 0.05) is 24.9 Å². The lowest BCUT2D eigenvalue weighted by Crippen LogP contribution is -2.30. The quantitative estimate of drug-likeness (QED) is 0.838. The molecule has 1 aromatic heterocycles. The molecule has 0 fully saturated rings. The number of aromatic nitrogens is 1. The van der Waals surface area contributed by atoms with E-state index in [1.54, 1.807) is 11.3 Å². The third kappa shape index (κ3) is 4.05. The second kappa shape index (κ2) is 7.57. The van der Waals surface area contributed by atoms with E-state index in [2.05, 4.69) is 36.2 Å². The van der Waals surface area contributed by atoms with Crippen LogP contribution in [-0.4, -0.2) is 23.2 Å². The lowest BCUT2D eigenvalue weighted by molar-refractivity contribution is 0.177. The zero-order valence-corrected chi connectivity index (χ0v) is 13.8. The van der Waals surface area contributed by atoms with Crippen molar-refractivity contribution in [2.24, 2.45) is 0 Å².